The molecule has 2 aliphatic heterocycles. The minimum Gasteiger partial charge on any atom is -0.378 e. The summed E-state index contributed by atoms with van der Waals surface area (Å²) in [6.45, 7) is 7.01. The van der Waals surface area contributed by atoms with Crippen molar-refractivity contribution in [1.82, 2.24) is 9.80 Å². The SMILES string of the molecule is CC1CCN(CC(=O)Nc2cccc(C(=O)N3CCOCC3)c2)CC1. The first-order chi connectivity index (χ1) is 12.1. The van der Waals surface area contributed by atoms with E-state index in [-0.39, 0.29) is 11.8 Å². The van der Waals surface area contributed by atoms with E-state index in [1.54, 1.807) is 17.0 Å². The average Bonchev–Trinajstić information content (AvgIpc) is 2.64. The van der Waals surface area contributed by atoms with Crippen LogP contribution in [0.2, 0.25) is 0 Å². The van der Waals surface area contributed by atoms with E-state index in [9.17, 15) is 9.59 Å². The van der Waals surface area contributed by atoms with E-state index in [0.29, 0.717) is 44.1 Å². The summed E-state index contributed by atoms with van der Waals surface area (Å²) in [6.07, 6.45) is 2.30. The van der Waals surface area contributed by atoms with Gasteiger partial charge < -0.3 is 15.0 Å². The molecule has 25 heavy (non-hydrogen) atoms. The van der Waals surface area contributed by atoms with E-state index >= 15 is 0 Å². The summed E-state index contributed by atoms with van der Waals surface area (Å²) >= 11 is 0. The predicted molar refractivity (Wildman–Crippen MR) is 96.6 cm³/mol. The molecule has 0 aliphatic carbocycles. The lowest BCUT2D eigenvalue weighted by Crippen LogP contribution is -2.40. The lowest BCUT2D eigenvalue weighted by molar-refractivity contribution is -0.117. The van der Waals surface area contributed by atoms with Crippen LogP contribution < -0.4 is 5.32 Å². The monoisotopic (exact) mass is 345 g/mol. The maximum atomic E-state index is 12.5. The topological polar surface area (TPSA) is 61.9 Å². The smallest absolute Gasteiger partial charge is 0.254 e. The highest BCUT2D eigenvalue weighted by atomic mass is 16.5. The van der Waals surface area contributed by atoms with E-state index < -0.39 is 0 Å². The first-order valence-electron chi connectivity index (χ1n) is 9.11. The molecule has 0 spiro atoms. The molecule has 1 aromatic carbocycles. The standard InChI is InChI=1S/C19H27N3O3/c1-15-5-7-21(8-6-15)14-18(23)20-17-4-2-3-16(13-17)19(24)22-9-11-25-12-10-22/h2-4,13,15H,5-12,14H2,1H3,(H,20,23). The van der Waals surface area contributed by atoms with Crippen molar-refractivity contribution in [3.8, 4) is 0 Å². The van der Waals surface area contributed by atoms with Gasteiger partial charge in [-0.05, 0) is 50.0 Å². The number of benzene rings is 1. The molecule has 2 fully saturated rings. The Morgan fingerprint density at radius 1 is 1.16 bits per heavy atom. The fraction of sp³-hybridized carbons (Fsp3) is 0.579. The zero-order valence-corrected chi connectivity index (χ0v) is 14.9. The Morgan fingerprint density at radius 2 is 1.88 bits per heavy atom. The van der Waals surface area contributed by atoms with Crippen LogP contribution in [0.3, 0.4) is 0 Å². The van der Waals surface area contributed by atoms with Crippen LogP contribution in [-0.2, 0) is 9.53 Å². The second-order valence-electron chi connectivity index (χ2n) is 6.99. The second-order valence-corrected chi connectivity index (χ2v) is 6.99. The first kappa shape index (κ1) is 17.9. The van der Waals surface area contributed by atoms with Gasteiger partial charge in [-0.15, -0.1) is 0 Å². The molecule has 0 radical (unpaired) electrons. The van der Waals surface area contributed by atoms with Crippen LogP contribution in [0.25, 0.3) is 0 Å². The van der Waals surface area contributed by atoms with Crippen LogP contribution in [-0.4, -0.2) is 67.6 Å². The number of anilines is 1. The van der Waals surface area contributed by atoms with Gasteiger partial charge in [0.05, 0.1) is 19.8 Å². The zero-order valence-electron chi connectivity index (χ0n) is 14.9. The average molecular weight is 345 g/mol. The molecule has 136 valence electrons. The van der Waals surface area contributed by atoms with Crippen LogP contribution >= 0.6 is 0 Å². The summed E-state index contributed by atoms with van der Waals surface area (Å²) in [4.78, 5) is 28.8. The van der Waals surface area contributed by atoms with Crippen molar-refractivity contribution in [2.45, 2.75) is 19.8 Å². The highest BCUT2D eigenvalue weighted by Crippen LogP contribution is 2.17. The van der Waals surface area contributed by atoms with E-state index in [0.717, 1.165) is 31.8 Å². The lowest BCUT2D eigenvalue weighted by Gasteiger charge is -2.29. The number of ether oxygens (including phenoxy) is 1. The molecular weight excluding hydrogens is 318 g/mol. The van der Waals surface area contributed by atoms with Gasteiger partial charge in [-0.3, -0.25) is 14.5 Å². The fourth-order valence-electron chi connectivity index (χ4n) is 3.30. The Balaban J connectivity index is 1.55. The predicted octanol–water partition coefficient (Wildman–Crippen LogP) is 1.83. The summed E-state index contributed by atoms with van der Waals surface area (Å²) in [5, 5.41) is 2.92. The number of likely N-dealkylation sites (tertiary alicyclic amines) is 1. The number of piperidine rings is 1. The molecule has 0 atom stereocenters. The second kappa shape index (κ2) is 8.45. The van der Waals surface area contributed by atoms with Crippen molar-refractivity contribution in [1.29, 1.82) is 0 Å². The number of amides is 2. The third-order valence-corrected chi connectivity index (χ3v) is 4.94. The van der Waals surface area contributed by atoms with Gasteiger partial charge in [0.15, 0.2) is 0 Å². The molecule has 0 aromatic heterocycles. The molecule has 3 rings (SSSR count). The van der Waals surface area contributed by atoms with Gasteiger partial charge in [-0.2, -0.15) is 0 Å². The number of carbonyl (C=O) groups excluding carboxylic acids is 2. The Kier molecular flexibility index (Phi) is 6.04. The molecular formula is C19H27N3O3. The molecule has 2 heterocycles. The highest BCUT2D eigenvalue weighted by molar-refractivity contribution is 5.97. The quantitative estimate of drug-likeness (QED) is 0.904. The maximum absolute atomic E-state index is 12.5. The van der Waals surface area contributed by atoms with Gasteiger partial charge in [-0.1, -0.05) is 13.0 Å². The number of morpholine rings is 1. The summed E-state index contributed by atoms with van der Waals surface area (Å²) in [6, 6.07) is 7.19. The van der Waals surface area contributed by atoms with Crippen LogP contribution in [0.5, 0.6) is 0 Å². The molecule has 0 saturated carbocycles. The van der Waals surface area contributed by atoms with Crippen LogP contribution in [0.1, 0.15) is 30.1 Å². The summed E-state index contributed by atoms with van der Waals surface area (Å²) < 4.78 is 5.29. The van der Waals surface area contributed by atoms with E-state index in [4.69, 9.17) is 4.74 Å². The summed E-state index contributed by atoms with van der Waals surface area (Å²) in [5.74, 6) is 0.720. The van der Waals surface area contributed by atoms with Crippen molar-refractivity contribution in [2.24, 2.45) is 5.92 Å². The Labute approximate surface area is 149 Å². The number of nitrogens with one attached hydrogen (secondary N) is 1. The largest absolute Gasteiger partial charge is 0.378 e. The molecule has 1 N–H and O–H groups in total. The number of hydrogen-bond donors (Lipinski definition) is 1. The van der Waals surface area contributed by atoms with Crippen LogP contribution in [0.4, 0.5) is 5.69 Å². The number of hydrogen-bond acceptors (Lipinski definition) is 4. The van der Waals surface area contributed by atoms with Crippen LogP contribution in [0.15, 0.2) is 24.3 Å². The third-order valence-electron chi connectivity index (χ3n) is 4.94. The molecule has 2 amide bonds. The van der Waals surface area contributed by atoms with Gasteiger partial charge in [0.25, 0.3) is 5.91 Å². The summed E-state index contributed by atoms with van der Waals surface area (Å²) in [5.41, 5.74) is 1.28. The van der Waals surface area contributed by atoms with E-state index in [2.05, 4.69) is 17.1 Å². The van der Waals surface area contributed by atoms with Crippen molar-refractivity contribution in [3.05, 3.63) is 29.8 Å². The molecule has 2 aliphatic rings. The van der Waals surface area contributed by atoms with Gasteiger partial charge in [0, 0.05) is 24.3 Å². The van der Waals surface area contributed by atoms with Gasteiger partial charge >= 0.3 is 0 Å². The molecule has 6 heteroatoms. The minimum absolute atomic E-state index is 0.00980. The van der Waals surface area contributed by atoms with Crippen molar-refractivity contribution >= 4 is 17.5 Å². The lowest BCUT2D eigenvalue weighted by atomic mass is 9.99. The number of nitrogens with zero attached hydrogens (tertiary/aromatic N) is 2. The van der Waals surface area contributed by atoms with Gasteiger partial charge in [-0.25, -0.2) is 0 Å². The minimum atomic E-state index is -0.0227. The Bertz CT molecular complexity index is 606. The van der Waals surface area contributed by atoms with Crippen molar-refractivity contribution in [2.75, 3.05) is 51.3 Å². The Morgan fingerprint density at radius 3 is 2.60 bits per heavy atom. The fourth-order valence-corrected chi connectivity index (χ4v) is 3.30. The molecule has 0 bridgehead atoms. The molecule has 1 aromatic rings. The first-order valence-corrected chi connectivity index (χ1v) is 9.11. The number of rotatable bonds is 4. The number of carbonyl (C=O) groups is 2. The van der Waals surface area contributed by atoms with Gasteiger partial charge in [0.1, 0.15) is 0 Å². The van der Waals surface area contributed by atoms with Gasteiger partial charge in [0.2, 0.25) is 5.91 Å². The highest BCUT2D eigenvalue weighted by Gasteiger charge is 2.20. The normalized spacial score (nSPS) is 19.6. The van der Waals surface area contributed by atoms with E-state index in [1.807, 2.05) is 12.1 Å². The van der Waals surface area contributed by atoms with Crippen LogP contribution in [0, 0.1) is 5.92 Å². The molecule has 2 saturated heterocycles. The zero-order chi connectivity index (χ0) is 17.6. The molecule has 6 nitrogen and oxygen atoms in total. The van der Waals surface area contributed by atoms with E-state index in [1.165, 1.54) is 0 Å². The third kappa shape index (κ3) is 5.03. The molecule has 0 unspecified atom stereocenters. The Hall–Kier alpha value is -1.92. The summed E-state index contributed by atoms with van der Waals surface area (Å²) in [7, 11) is 0. The van der Waals surface area contributed by atoms with Crippen molar-refractivity contribution < 1.29 is 14.3 Å². The van der Waals surface area contributed by atoms with Crippen molar-refractivity contribution in [3.63, 3.8) is 0 Å². The maximum Gasteiger partial charge on any atom is 0.254 e.